The van der Waals surface area contributed by atoms with Gasteiger partial charge in [0.05, 0.1) is 6.42 Å². The average molecular weight is 1080 g/mol. The van der Waals surface area contributed by atoms with Gasteiger partial charge in [0.25, 0.3) is 11.6 Å². The molecule has 0 spiro atoms. The Balaban J connectivity index is -0.00000420. The minimum atomic E-state index is -9.79. The number of alkyl halides is 26. The fraction of sp³-hybridized carbons (Fsp3) is 0.800. The van der Waals surface area contributed by atoms with Crippen LogP contribution in [-0.2, 0) is 38.1 Å². The van der Waals surface area contributed by atoms with E-state index >= 15 is 43.9 Å². The molecule has 42 heteroatoms. The van der Waals surface area contributed by atoms with E-state index in [2.05, 4.69) is 0 Å². The largest absolute Gasteiger partial charge is 1.00 e. The summed E-state index contributed by atoms with van der Waals surface area (Å²) in [6.07, 6.45) is -38.7. The van der Waals surface area contributed by atoms with Crippen LogP contribution in [0.1, 0.15) is 6.42 Å². The quantitative estimate of drug-likeness (QED) is 0.0907. The van der Waals surface area contributed by atoms with Crippen LogP contribution in [0.4, 0.5) is 114 Å². The smallest absolute Gasteiger partial charge is 0.544 e. The molecule has 0 aromatic carbocycles. The Morgan fingerprint density at radius 1 is 0.371 bits per heavy atom. The predicted octanol–water partition coefficient (Wildman–Crippen LogP) is -11.0. The molecule has 0 aromatic heterocycles. The van der Waals surface area contributed by atoms with E-state index in [4.69, 9.17) is 0 Å². The first-order chi connectivity index (χ1) is 24.8. The van der Waals surface area contributed by atoms with Crippen LogP contribution in [0.3, 0.4) is 0 Å². The first kappa shape index (κ1) is 71.0. The van der Waals surface area contributed by atoms with Gasteiger partial charge in [0.1, 0.15) is 23.9 Å². The van der Waals surface area contributed by atoms with Crippen molar-refractivity contribution >= 4 is 23.9 Å². The van der Waals surface area contributed by atoms with Crippen molar-refractivity contribution in [2.75, 3.05) is 0 Å². The van der Waals surface area contributed by atoms with Crippen molar-refractivity contribution in [3.8, 4) is 0 Å². The van der Waals surface area contributed by atoms with Crippen molar-refractivity contribution in [2.45, 2.75) is 95.7 Å². The number of aliphatic carboxylic acids is 4. The number of halogens is 26. The van der Waals surface area contributed by atoms with Crippen molar-refractivity contribution in [3.05, 3.63) is 0 Å². The summed E-state index contributed by atoms with van der Waals surface area (Å²) in [4.78, 5) is 42.8. The number of carboxylic acid groups (broad SMARTS) is 4. The van der Waals surface area contributed by atoms with Crippen LogP contribution >= 0.6 is 0 Å². The summed E-state index contributed by atoms with van der Waals surface area (Å²) in [6.45, 7) is 0. The van der Waals surface area contributed by atoms with Crippen LogP contribution in [-0.4, -0.2) is 113 Å². The molecule has 0 N–H and O–H groups in total. The number of hydrogen-bond donors (Lipinski definition) is 0. The van der Waals surface area contributed by atoms with Crippen molar-refractivity contribution in [1.29, 1.82) is 0 Å². The second kappa shape index (κ2) is 20.7. The summed E-state index contributed by atoms with van der Waals surface area (Å²) in [6, 6.07) is -18.1. The number of carbonyl (C=O) groups is 4. The van der Waals surface area contributed by atoms with E-state index in [1.54, 1.807) is 9.47 Å². The van der Waals surface area contributed by atoms with Gasteiger partial charge in [-0.3, -0.25) is 18.9 Å². The molecule has 0 saturated heterocycles. The van der Waals surface area contributed by atoms with Crippen LogP contribution in [0.5, 0.6) is 0 Å². The Hall–Kier alpha value is 2.45. The molecule has 0 amide bonds. The molecule has 1 saturated carbocycles. The molecule has 0 radical (unpaired) electrons. The average Bonchev–Trinajstić information content (AvgIpc) is 2.96. The number of carboxylic acids is 4. The van der Waals surface area contributed by atoms with Crippen LogP contribution < -0.4 is 226 Å². The van der Waals surface area contributed by atoms with Gasteiger partial charge in [0, 0.05) is 0 Å². The molecule has 1 aliphatic carbocycles. The third-order valence-corrected chi connectivity index (χ3v) is 6.78. The Labute approximate surface area is 489 Å². The second-order valence-corrected chi connectivity index (χ2v) is 10.5. The molecule has 1 aliphatic rings. The van der Waals surface area contributed by atoms with E-state index in [0.29, 0.717) is 0 Å². The first-order valence-electron chi connectivity index (χ1n) is 12.4. The maximum absolute atomic E-state index is 15.9. The summed E-state index contributed by atoms with van der Waals surface area (Å²) < 4.78 is 376. The maximum atomic E-state index is 15.9. The van der Waals surface area contributed by atoms with Gasteiger partial charge in [-0.05, 0) is 0 Å². The monoisotopic (exact) mass is 1080 g/mol. The molecule has 6 atom stereocenters. The fourth-order valence-electron chi connectivity index (χ4n) is 3.86. The summed E-state index contributed by atoms with van der Waals surface area (Å²) in [5.41, 5.74) is -18.4. The maximum Gasteiger partial charge on any atom is 1.00 e. The topological polar surface area (TPSA) is 197 Å². The molecule has 0 aliphatic heterocycles. The second-order valence-electron chi connectivity index (χ2n) is 10.5. The van der Waals surface area contributed by atoms with Gasteiger partial charge in [-0.1, -0.05) is 0 Å². The zero-order valence-electron chi connectivity index (χ0n) is 28.9. The predicted molar refractivity (Wildman–Crippen MR) is 98.8 cm³/mol. The summed E-state index contributed by atoms with van der Waals surface area (Å²) in [5, 5.41) is 42.8. The SMILES string of the molecule is O=C([O-])C(F)(OC(F)(OC(F)(C(=O)[O-])C(F)(F)F)C1(F)CC(F)(F)C(F)(C(F)(OC(F)(C(=O)[O-])C(F)(F)F)OC(F)(C(=O)[O-])C(F)(F)F)C(F)(F)C1(F)F)C(F)(F)F.[K+].[K+].[K+].[K+]. The van der Waals surface area contributed by atoms with E-state index in [9.17, 15) is 110 Å². The van der Waals surface area contributed by atoms with Crippen LogP contribution in [0.2, 0.25) is 0 Å². The Bertz CT molecular complexity index is 1600. The van der Waals surface area contributed by atoms with Crippen LogP contribution in [0.15, 0.2) is 0 Å². The number of hydrogen-bond acceptors (Lipinski definition) is 12. The van der Waals surface area contributed by atoms with Gasteiger partial charge in [-0.25, -0.2) is 17.6 Å². The third kappa shape index (κ3) is 11.0. The molecule has 0 bridgehead atoms. The van der Waals surface area contributed by atoms with E-state index in [1.807, 2.05) is 0 Å². The normalized spacial score (nSPS) is 27.1. The van der Waals surface area contributed by atoms with E-state index in [0.717, 1.165) is 0 Å². The van der Waals surface area contributed by atoms with E-state index in [-0.39, 0.29) is 206 Å². The zero-order chi connectivity index (χ0) is 47.3. The molecule has 6 unspecified atom stereocenters. The Morgan fingerprint density at radius 3 is 0.742 bits per heavy atom. The zero-order valence-corrected chi connectivity index (χ0v) is 41.4. The summed E-state index contributed by atoms with van der Waals surface area (Å²) in [5.74, 6) is -81.4. The van der Waals surface area contributed by atoms with Crippen molar-refractivity contribution < 1.29 is 378 Å². The van der Waals surface area contributed by atoms with E-state index in [1.165, 1.54) is 9.47 Å². The summed E-state index contributed by atoms with van der Waals surface area (Å²) >= 11 is 0. The number of carbonyl (C=O) groups excluding carboxylic acids is 4. The van der Waals surface area contributed by atoms with Gasteiger partial charge < -0.3 is 39.6 Å². The standard InChI is InChI=1S/C20H6F26O12.4K/c21-6(19(45,55-8(24,2(47)48)15(33,34)35)56-9(25,3(49)50)16(36,37)38)1-7(22,23)12(28,14(31,32)13(6,29)30)20(46,57-10(26,4(51)52)17(39,40)41)58-11(27,5(53)54)18(42,43)44;;;;/h1H2,(H,47,48)(H,49,50)(H,51,52)(H,53,54);;;;/q;4*+1/p-4. The van der Waals surface area contributed by atoms with Gasteiger partial charge in [-0.2, -0.15) is 96.6 Å². The molecule has 1 rings (SSSR count). The molecular formula is C20H2F26K4O12. The minimum absolute atomic E-state index is 0. The molecular weight excluding hydrogens is 1080 g/mol. The fourth-order valence-corrected chi connectivity index (χ4v) is 3.86. The first-order valence-corrected chi connectivity index (χ1v) is 12.4. The molecule has 12 nitrogen and oxygen atoms in total. The van der Waals surface area contributed by atoms with Gasteiger partial charge >= 0.3 is 283 Å². The number of rotatable bonds is 14. The molecule has 340 valence electrons. The van der Waals surface area contributed by atoms with E-state index < -0.39 is 120 Å². The van der Waals surface area contributed by atoms with Crippen molar-refractivity contribution in [3.63, 3.8) is 0 Å². The Kier molecular flexibility index (Phi) is 23.7. The minimum Gasteiger partial charge on any atom is -0.544 e. The van der Waals surface area contributed by atoms with Gasteiger partial charge in [-0.15, -0.1) is 0 Å². The van der Waals surface area contributed by atoms with Gasteiger partial charge in [0.15, 0.2) is 0 Å². The molecule has 0 heterocycles. The molecule has 0 aromatic rings. The Morgan fingerprint density at radius 2 is 0.565 bits per heavy atom. The van der Waals surface area contributed by atoms with Gasteiger partial charge in [0.2, 0.25) is 0 Å². The van der Waals surface area contributed by atoms with Crippen LogP contribution in [0.25, 0.3) is 0 Å². The molecule has 62 heavy (non-hydrogen) atoms. The molecule has 1 fully saturated rings. The van der Waals surface area contributed by atoms with Crippen molar-refractivity contribution in [2.24, 2.45) is 0 Å². The third-order valence-electron chi connectivity index (χ3n) is 6.78. The number of ether oxygens (including phenoxy) is 4. The summed E-state index contributed by atoms with van der Waals surface area (Å²) in [7, 11) is 0. The van der Waals surface area contributed by atoms with Crippen LogP contribution in [0, 0.1) is 0 Å². The van der Waals surface area contributed by atoms with Crippen molar-refractivity contribution in [1.82, 2.24) is 0 Å².